The van der Waals surface area contributed by atoms with E-state index in [1.54, 1.807) is 12.3 Å². The van der Waals surface area contributed by atoms with Crippen LogP contribution in [0.25, 0.3) is 0 Å². The number of aliphatic hydroxyl groups is 1. The first kappa shape index (κ1) is 13.8. The normalized spacial score (nSPS) is 19.5. The van der Waals surface area contributed by atoms with Crippen LogP contribution < -0.4 is 5.73 Å². The molecule has 0 radical (unpaired) electrons. The fourth-order valence-corrected chi connectivity index (χ4v) is 2.63. The molecule has 0 aliphatic carbocycles. The lowest BCUT2D eigenvalue weighted by Gasteiger charge is -2.35. The monoisotopic (exact) mass is 263 g/mol. The van der Waals surface area contributed by atoms with Gasteiger partial charge in [-0.2, -0.15) is 0 Å². The minimum Gasteiger partial charge on any atom is -0.398 e. The van der Waals surface area contributed by atoms with Gasteiger partial charge in [0.1, 0.15) is 0 Å². The number of hydrogen-bond acceptors (Lipinski definition) is 4. The van der Waals surface area contributed by atoms with Crippen LogP contribution in [-0.2, 0) is 0 Å². The molecule has 0 bridgehead atoms. The quantitative estimate of drug-likeness (QED) is 0.862. The summed E-state index contributed by atoms with van der Waals surface area (Å²) in [6.45, 7) is 2.69. The van der Waals surface area contributed by atoms with Crippen molar-refractivity contribution in [1.82, 2.24) is 9.88 Å². The van der Waals surface area contributed by atoms with Gasteiger partial charge in [-0.05, 0) is 38.7 Å². The number of aromatic nitrogens is 1. The predicted octanol–water partition coefficient (Wildman–Crippen LogP) is 1.35. The van der Waals surface area contributed by atoms with Crippen molar-refractivity contribution in [3.8, 4) is 0 Å². The Morgan fingerprint density at radius 2 is 2.37 bits per heavy atom. The van der Waals surface area contributed by atoms with E-state index in [1.165, 1.54) is 0 Å². The molecule has 3 N–H and O–H groups in total. The minimum absolute atomic E-state index is 0.0665. The number of nitrogens with zero attached hydrogens (tertiary/aromatic N) is 2. The SMILES string of the molecule is Cc1cc(N)c(C(=O)N2CCCCC2CCO)cn1. The highest BCUT2D eigenvalue weighted by Crippen LogP contribution is 2.23. The molecule has 1 aliphatic rings. The van der Waals surface area contributed by atoms with Crippen LogP contribution >= 0.6 is 0 Å². The molecule has 19 heavy (non-hydrogen) atoms. The number of carbonyl (C=O) groups is 1. The maximum atomic E-state index is 12.5. The molecule has 0 saturated carbocycles. The van der Waals surface area contributed by atoms with Gasteiger partial charge in [0.05, 0.1) is 5.56 Å². The second-order valence-electron chi connectivity index (χ2n) is 5.07. The zero-order valence-corrected chi connectivity index (χ0v) is 11.3. The Kier molecular flexibility index (Phi) is 4.37. The number of anilines is 1. The van der Waals surface area contributed by atoms with Crippen molar-refractivity contribution in [2.45, 2.75) is 38.6 Å². The number of carbonyl (C=O) groups excluding carboxylic acids is 1. The average Bonchev–Trinajstić information content (AvgIpc) is 2.39. The third kappa shape index (κ3) is 3.04. The van der Waals surface area contributed by atoms with Crippen LogP contribution in [0, 0.1) is 6.92 Å². The van der Waals surface area contributed by atoms with Crippen molar-refractivity contribution in [1.29, 1.82) is 0 Å². The van der Waals surface area contributed by atoms with Gasteiger partial charge in [-0.3, -0.25) is 9.78 Å². The number of pyridine rings is 1. The Hall–Kier alpha value is -1.62. The van der Waals surface area contributed by atoms with Crippen molar-refractivity contribution < 1.29 is 9.90 Å². The number of nitrogens with two attached hydrogens (primary N) is 1. The topological polar surface area (TPSA) is 79.5 Å². The van der Waals surface area contributed by atoms with Crippen molar-refractivity contribution in [2.75, 3.05) is 18.9 Å². The van der Waals surface area contributed by atoms with E-state index in [0.29, 0.717) is 17.7 Å². The number of hydrogen-bond donors (Lipinski definition) is 2. The first-order valence-corrected chi connectivity index (χ1v) is 6.77. The summed E-state index contributed by atoms with van der Waals surface area (Å²) in [4.78, 5) is 18.5. The zero-order valence-electron chi connectivity index (χ0n) is 11.3. The van der Waals surface area contributed by atoms with Crippen LogP contribution in [0.3, 0.4) is 0 Å². The molecular formula is C14H21N3O2. The zero-order chi connectivity index (χ0) is 13.8. The number of amides is 1. The van der Waals surface area contributed by atoms with Gasteiger partial charge in [0.15, 0.2) is 0 Å². The van der Waals surface area contributed by atoms with Gasteiger partial charge >= 0.3 is 0 Å². The Balaban J connectivity index is 2.21. The van der Waals surface area contributed by atoms with Crippen LogP contribution in [0.5, 0.6) is 0 Å². The molecule has 5 heteroatoms. The molecule has 1 atom stereocenters. The maximum absolute atomic E-state index is 12.5. The molecule has 2 rings (SSSR count). The molecule has 1 saturated heterocycles. The van der Waals surface area contributed by atoms with E-state index in [1.807, 2.05) is 11.8 Å². The van der Waals surface area contributed by atoms with Crippen LogP contribution in [0.2, 0.25) is 0 Å². The Bertz CT molecular complexity index is 460. The van der Waals surface area contributed by atoms with E-state index >= 15 is 0 Å². The number of aliphatic hydroxyl groups excluding tert-OH is 1. The van der Waals surface area contributed by atoms with E-state index in [0.717, 1.165) is 31.5 Å². The molecule has 104 valence electrons. The van der Waals surface area contributed by atoms with Crippen molar-refractivity contribution in [3.63, 3.8) is 0 Å². The molecule has 1 unspecified atom stereocenters. The van der Waals surface area contributed by atoms with Gasteiger partial charge in [0.2, 0.25) is 0 Å². The van der Waals surface area contributed by atoms with E-state index in [-0.39, 0.29) is 18.6 Å². The number of likely N-dealkylation sites (tertiary alicyclic amines) is 1. The van der Waals surface area contributed by atoms with Gasteiger partial charge in [0.25, 0.3) is 5.91 Å². The maximum Gasteiger partial charge on any atom is 0.257 e. The van der Waals surface area contributed by atoms with Crippen LogP contribution in [-0.4, -0.2) is 40.1 Å². The van der Waals surface area contributed by atoms with Gasteiger partial charge in [0, 0.05) is 36.8 Å². The highest BCUT2D eigenvalue weighted by Gasteiger charge is 2.28. The molecule has 1 fully saturated rings. The van der Waals surface area contributed by atoms with Crippen LogP contribution in [0.1, 0.15) is 41.7 Å². The van der Waals surface area contributed by atoms with E-state index in [4.69, 9.17) is 10.8 Å². The second kappa shape index (κ2) is 6.02. The first-order chi connectivity index (χ1) is 9.13. The average molecular weight is 263 g/mol. The van der Waals surface area contributed by atoms with E-state index < -0.39 is 0 Å². The molecule has 0 spiro atoms. The fourth-order valence-electron chi connectivity index (χ4n) is 2.63. The predicted molar refractivity (Wildman–Crippen MR) is 73.8 cm³/mol. The highest BCUT2D eigenvalue weighted by molar-refractivity contribution is 5.99. The number of piperidine rings is 1. The molecule has 0 aromatic carbocycles. The Labute approximate surface area is 113 Å². The van der Waals surface area contributed by atoms with Crippen molar-refractivity contribution in [3.05, 3.63) is 23.5 Å². The van der Waals surface area contributed by atoms with Crippen LogP contribution in [0.4, 0.5) is 5.69 Å². The molecule has 1 amide bonds. The van der Waals surface area contributed by atoms with E-state index in [9.17, 15) is 4.79 Å². The summed E-state index contributed by atoms with van der Waals surface area (Å²) in [6.07, 6.45) is 5.25. The van der Waals surface area contributed by atoms with Gasteiger partial charge in [-0.25, -0.2) is 0 Å². The van der Waals surface area contributed by atoms with Crippen molar-refractivity contribution in [2.24, 2.45) is 0 Å². The summed E-state index contributed by atoms with van der Waals surface area (Å²) in [7, 11) is 0. The molecular weight excluding hydrogens is 242 g/mol. The largest absolute Gasteiger partial charge is 0.398 e. The molecule has 1 aliphatic heterocycles. The van der Waals surface area contributed by atoms with Gasteiger partial charge < -0.3 is 15.7 Å². The molecule has 5 nitrogen and oxygen atoms in total. The van der Waals surface area contributed by atoms with Crippen LogP contribution in [0.15, 0.2) is 12.3 Å². The number of aryl methyl sites for hydroxylation is 1. The lowest BCUT2D eigenvalue weighted by Crippen LogP contribution is -2.44. The minimum atomic E-state index is -0.0665. The summed E-state index contributed by atoms with van der Waals surface area (Å²) in [5.74, 6) is -0.0665. The summed E-state index contributed by atoms with van der Waals surface area (Å²) < 4.78 is 0. The molecule has 2 heterocycles. The van der Waals surface area contributed by atoms with E-state index in [2.05, 4.69) is 4.98 Å². The van der Waals surface area contributed by atoms with Crippen molar-refractivity contribution >= 4 is 11.6 Å². The summed E-state index contributed by atoms with van der Waals surface area (Å²) in [5, 5.41) is 9.10. The smallest absolute Gasteiger partial charge is 0.257 e. The standard InChI is InChI=1S/C14H21N3O2/c1-10-8-13(15)12(9-16-10)14(19)17-6-3-2-4-11(17)5-7-18/h8-9,11,18H,2-7H2,1H3,(H2,15,16). The summed E-state index contributed by atoms with van der Waals surface area (Å²) in [6, 6.07) is 1.84. The van der Waals surface area contributed by atoms with Gasteiger partial charge in [-0.15, -0.1) is 0 Å². The number of rotatable bonds is 3. The lowest BCUT2D eigenvalue weighted by atomic mass is 9.98. The Morgan fingerprint density at radius 3 is 3.05 bits per heavy atom. The first-order valence-electron chi connectivity index (χ1n) is 6.77. The molecule has 1 aromatic rings. The van der Waals surface area contributed by atoms with Gasteiger partial charge in [-0.1, -0.05) is 0 Å². The lowest BCUT2D eigenvalue weighted by molar-refractivity contribution is 0.0575. The third-order valence-electron chi connectivity index (χ3n) is 3.65. The Morgan fingerprint density at radius 1 is 1.58 bits per heavy atom. The third-order valence-corrected chi connectivity index (χ3v) is 3.65. The fraction of sp³-hybridized carbons (Fsp3) is 0.571. The molecule has 1 aromatic heterocycles. The highest BCUT2D eigenvalue weighted by atomic mass is 16.3. The second-order valence-corrected chi connectivity index (χ2v) is 5.07. The number of nitrogen functional groups attached to an aromatic ring is 1. The summed E-state index contributed by atoms with van der Waals surface area (Å²) >= 11 is 0. The summed E-state index contributed by atoms with van der Waals surface area (Å²) in [5.41, 5.74) is 7.66.